The van der Waals surface area contributed by atoms with Gasteiger partial charge in [0.15, 0.2) is 0 Å². The molecule has 5 nitrogen and oxygen atoms in total. The van der Waals surface area contributed by atoms with Gasteiger partial charge in [0.1, 0.15) is 0 Å². The molecule has 6 heteroatoms. The molecule has 2 saturated heterocycles. The van der Waals surface area contributed by atoms with Crippen molar-refractivity contribution in [3.63, 3.8) is 0 Å². The Hall–Kier alpha value is -0.950. The molecule has 0 aromatic heterocycles. The van der Waals surface area contributed by atoms with Crippen molar-refractivity contribution < 1.29 is 8.42 Å². The molecule has 2 fully saturated rings. The number of fused-ring (bicyclic) bond motifs is 1. The Morgan fingerprint density at radius 3 is 2.57 bits per heavy atom. The number of sulfonamides is 1. The van der Waals surface area contributed by atoms with Gasteiger partial charge in [0.2, 0.25) is 10.0 Å². The zero-order chi connectivity index (χ0) is 15.0. The van der Waals surface area contributed by atoms with Gasteiger partial charge >= 0.3 is 0 Å². The van der Waals surface area contributed by atoms with Crippen molar-refractivity contribution in [1.82, 2.24) is 9.21 Å². The van der Waals surface area contributed by atoms with E-state index in [2.05, 4.69) is 4.90 Å². The first-order valence-corrected chi connectivity index (χ1v) is 9.02. The van der Waals surface area contributed by atoms with E-state index in [0.717, 1.165) is 25.1 Å². The second-order valence-electron chi connectivity index (χ2n) is 6.05. The minimum absolute atomic E-state index is 0.0798. The summed E-state index contributed by atoms with van der Waals surface area (Å²) in [6, 6.07) is 7.29. The third-order valence-corrected chi connectivity index (χ3v) is 6.47. The number of hydrogen-bond acceptors (Lipinski definition) is 4. The van der Waals surface area contributed by atoms with Gasteiger partial charge < -0.3 is 5.73 Å². The molecular formula is C15H23N3O2S. The van der Waals surface area contributed by atoms with Gasteiger partial charge in [0.05, 0.1) is 4.90 Å². The van der Waals surface area contributed by atoms with E-state index < -0.39 is 10.0 Å². The molecule has 2 heterocycles. The third-order valence-electron chi connectivity index (χ3n) is 4.59. The van der Waals surface area contributed by atoms with E-state index in [1.165, 1.54) is 6.42 Å². The molecule has 0 spiro atoms. The molecule has 0 radical (unpaired) electrons. The predicted octanol–water partition coefficient (Wildman–Crippen LogP) is 1.18. The van der Waals surface area contributed by atoms with Crippen LogP contribution in [0, 0.1) is 0 Å². The number of nitrogens with zero attached hydrogens (tertiary/aromatic N) is 2. The summed E-state index contributed by atoms with van der Waals surface area (Å²) in [7, 11) is -3.38. The highest BCUT2D eigenvalue weighted by Gasteiger charge is 2.36. The van der Waals surface area contributed by atoms with Crippen molar-refractivity contribution in [2.24, 2.45) is 5.73 Å². The Morgan fingerprint density at radius 2 is 1.90 bits per heavy atom. The minimum atomic E-state index is -3.38. The van der Waals surface area contributed by atoms with Gasteiger partial charge in [0.25, 0.3) is 0 Å². The molecule has 3 rings (SSSR count). The largest absolute Gasteiger partial charge is 0.324 e. The maximum Gasteiger partial charge on any atom is 0.243 e. The van der Waals surface area contributed by atoms with Crippen molar-refractivity contribution in [2.45, 2.75) is 36.7 Å². The lowest BCUT2D eigenvalue weighted by Gasteiger charge is -2.36. The van der Waals surface area contributed by atoms with Gasteiger partial charge in [-0.1, -0.05) is 12.1 Å². The van der Waals surface area contributed by atoms with E-state index in [1.54, 1.807) is 16.4 Å². The van der Waals surface area contributed by atoms with Gasteiger partial charge in [-0.05, 0) is 44.0 Å². The van der Waals surface area contributed by atoms with Gasteiger partial charge in [-0.3, -0.25) is 4.90 Å². The van der Waals surface area contributed by atoms with Crippen LogP contribution in [0.25, 0.3) is 0 Å². The maximum absolute atomic E-state index is 12.7. The fraction of sp³-hybridized carbons (Fsp3) is 0.600. The Morgan fingerprint density at radius 1 is 1.19 bits per heavy atom. The predicted molar refractivity (Wildman–Crippen MR) is 82.4 cm³/mol. The highest BCUT2D eigenvalue weighted by molar-refractivity contribution is 7.89. The SMILES string of the molecule is CC(N)c1ccc(S(=O)(=O)N2CCN3CCCC3C2)cc1. The molecule has 0 saturated carbocycles. The third kappa shape index (κ3) is 2.85. The van der Waals surface area contributed by atoms with E-state index in [-0.39, 0.29) is 6.04 Å². The second-order valence-corrected chi connectivity index (χ2v) is 7.99. The summed E-state index contributed by atoms with van der Waals surface area (Å²) in [5.74, 6) is 0. The molecule has 2 unspecified atom stereocenters. The summed E-state index contributed by atoms with van der Waals surface area (Å²) in [5.41, 5.74) is 6.76. The van der Waals surface area contributed by atoms with Crippen LogP contribution in [0.5, 0.6) is 0 Å². The van der Waals surface area contributed by atoms with Crippen molar-refractivity contribution >= 4 is 10.0 Å². The van der Waals surface area contributed by atoms with Gasteiger partial charge in [0, 0.05) is 31.7 Å². The van der Waals surface area contributed by atoms with Crippen LogP contribution >= 0.6 is 0 Å². The summed E-state index contributed by atoms with van der Waals surface area (Å²) in [6.45, 7) is 5.07. The number of benzene rings is 1. The lowest BCUT2D eigenvalue weighted by molar-refractivity contribution is 0.158. The molecule has 2 aliphatic heterocycles. The fourth-order valence-corrected chi connectivity index (χ4v) is 4.74. The highest BCUT2D eigenvalue weighted by atomic mass is 32.2. The Balaban J connectivity index is 1.79. The number of rotatable bonds is 3. The van der Waals surface area contributed by atoms with E-state index in [1.807, 2.05) is 19.1 Å². The van der Waals surface area contributed by atoms with E-state index in [9.17, 15) is 8.42 Å². The smallest absolute Gasteiger partial charge is 0.243 e. The molecular weight excluding hydrogens is 286 g/mol. The first-order valence-electron chi connectivity index (χ1n) is 7.58. The summed E-state index contributed by atoms with van der Waals surface area (Å²) >= 11 is 0. The van der Waals surface area contributed by atoms with Crippen LogP contribution in [-0.4, -0.2) is 49.8 Å². The van der Waals surface area contributed by atoms with Crippen LogP contribution in [0.4, 0.5) is 0 Å². The van der Waals surface area contributed by atoms with Crippen LogP contribution in [-0.2, 0) is 10.0 Å². The van der Waals surface area contributed by atoms with Crippen LogP contribution in [0.2, 0.25) is 0 Å². The van der Waals surface area contributed by atoms with Crippen molar-refractivity contribution in [1.29, 1.82) is 0 Å². The maximum atomic E-state index is 12.7. The van der Waals surface area contributed by atoms with Crippen molar-refractivity contribution in [3.8, 4) is 0 Å². The highest BCUT2D eigenvalue weighted by Crippen LogP contribution is 2.26. The molecule has 1 aromatic carbocycles. The first-order chi connectivity index (χ1) is 9.98. The molecule has 116 valence electrons. The van der Waals surface area contributed by atoms with Gasteiger partial charge in [-0.2, -0.15) is 4.31 Å². The summed E-state index contributed by atoms with van der Waals surface area (Å²) in [4.78, 5) is 2.78. The zero-order valence-corrected chi connectivity index (χ0v) is 13.2. The van der Waals surface area contributed by atoms with E-state index >= 15 is 0 Å². The lowest BCUT2D eigenvalue weighted by Crippen LogP contribution is -2.51. The standard InChI is InChI=1S/C15H23N3O2S/c1-12(16)13-4-6-15(7-5-13)21(19,20)18-10-9-17-8-2-3-14(17)11-18/h4-7,12,14H,2-3,8-11,16H2,1H3. The Kier molecular flexibility index (Phi) is 4.05. The van der Waals surface area contributed by atoms with E-state index in [4.69, 9.17) is 5.73 Å². The van der Waals surface area contributed by atoms with Gasteiger partial charge in [-0.15, -0.1) is 0 Å². The van der Waals surface area contributed by atoms with Crippen LogP contribution < -0.4 is 5.73 Å². The molecule has 2 N–H and O–H groups in total. The van der Waals surface area contributed by atoms with Gasteiger partial charge in [-0.25, -0.2) is 8.42 Å². The second kappa shape index (κ2) is 5.68. The molecule has 1 aromatic rings. The molecule has 0 amide bonds. The monoisotopic (exact) mass is 309 g/mol. The lowest BCUT2D eigenvalue weighted by atomic mass is 10.1. The summed E-state index contributed by atoms with van der Waals surface area (Å²) in [5, 5.41) is 0. The zero-order valence-electron chi connectivity index (χ0n) is 12.4. The number of piperazine rings is 1. The van der Waals surface area contributed by atoms with E-state index in [0.29, 0.717) is 24.0 Å². The normalized spacial score (nSPS) is 25.7. The van der Waals surface area contributed by atoms with Crippen LogP contribution in [0.15, 0.2) is 29.2 Å². The summed E-state index contributed by atoms with van der Waals surface area (Å²) < 4.78 is 27.1. The average molecular weight is 309 g/mol. The fourth-order valence-electron chi connectivity index (χ4n) is 3.27. The molecule has 21 heavy (non-hydrogen) atoms. The number of nitrogens with two attached hydrogens (primary N) is 1. The molecule has 0 aliphatic carbocycles. The topological polar surface area (TPSA) is 66.6 Å². The molecule has 2 atom stereocenters. The van der Waals surface area contributed by atoms with Crippen molar-refractivity contribution in [2.75, 3.05) is 26.2 Å². The Labute approximate surface area is 126 Å². The Bertz CT molecular complexity index is 598. The quantitative estimate of drug-likeness (QED) is 0.910. The van der Waals surface area contributed by atoms with Crippen LogP contribution in [0.3, 0.4) is 0 Å². The molecule has 0 bridgehead atoms. The minimum Gasteiger partial charge on any atom is -0.324 e. The van der Waals surface area contributed by atoms with Crippen molar-refractivity contribution in [3.05, 3.63) is 29.8 Å². The van der Waals surface area contributed by atoms with Crippen LogP contribution in [0.1, 0.15) is 31.4 Å². The average Bonchev–Trinajstić information content (AvgIpc) is 2.94. The summed E-state index contributed by atoms with van der Waals surface area (Å²) in [6.07, 6.45) is 2.29. The number of hydrogen-bond donors (Lipinski definition) is 1. The first kappa shape index (κ1) is 15.0. The molecule has 2 aliphatic rings.